The van der Waals surface area contributed by atoms with Crippen molar-refractivity contribution in [2.45, 2.75) is 269 Å². The van der Waals surface area contributed by atoms with E-state index in [1.807, 2.05) is 236 Å². The lowest BCUT2D eigenvalue weighted by Crippen LogP contribution is -2.49. The van der Waals surface area contributed by atoms with Gasteiger partial charge < -0.3 is 78.1 Å². The maximum atomic E-state index is 13.3. The Labute approximate surface area is 798 Å². The highest BCUT2D eigenvalue weighted by Gasteiger charge is 2.51. The molecule has 0 spiro atoms. The lowest BCUT2D eigenvalue weighted by molar-refractivity contribution is -0.188. The van der Waals surface area contributed by atoms with Crippen molar-refractivity contribution < 1.29 is 114 Å². The Balaban J connectivity index is 0.000000774. The molecule has 6 unspecified atom stereocenters. The van der Waals surface area contributed by atoms with E-state index in [4.69, 9.17) is 56.8 Å². The van der Waals surface area contributed by atoms with Gasteiger partial charge in [0.15, 0.2) is 0 Å². The van der Waals surface area contributed by atoms with E-state index in [1.54, 1.807) is 96.9 Å². The Morgan fingerprint density at radius 2 is 0.440 bits per heavy atom. The van der Waals surface area contributed by atoms with Gasteiger partial charge in [-0.1, -0.05) is 195 Å². The monoisotopic (exact) mass is 2550 g/mol. The molecule has 0 amide bonds. The van der Waals surface area contributed by atoms with Gasteiger partial charge in [-0.15, -0.1) is 0 Å². The van der Waals surface area contributed by atoms with Gasteiger partial charge >= 0.3 is 71.6 Å². The van der Waals surface area contributed by atoms with Crippen molar-refractivity contribution in [2.24, 2.45) is 45.3 Å². The van der Waals surface area contributed by atoms with Gasteiger partial charge in [-0.3, -0.25) is 57.5 Å². The molecule has 0 aliphatic carbocycles. The molecular weight excluding hydrogens is 2420 g/mol. The summed E-state index contributed by atoms with van der Waals surface area (Å²) in [6, 6.07) is 0. The van der Waals surface area contributed by atoms with Crippen molar-refractivity contribution in [3.05, 3.63) is 0 Å². The zero-order valence-electron chi connectivity index (χ0n) is 72.0. The molecule has 4 N–H and O–H groups in total. The minimum absolute atomic E-state index is 0.181. The van der Waals surface area contributed by atoms with Crippen LogP contribution in [0.4, 0.5) is 0 Å². The smallest absolute Gasteiger partial charge is 0.321 e. The molecule has 0 bridgehead atoms. The van der Waals surface area contributed by atoms with Gasteiger partial charge in [0.1, 0.15) is 127 Å². The number of alkyl halides is 8. The van der Waals surface area contributed by atoms with Crippen molar-refractivity contribution in [3.63, 3.8) is 0 Å². The summed E-state index contributed by atoms with van der Waals surface area (Å²) >= 11 is 15.7. The summed E-state index contributed by atoms with van der Waals surface area (Å²) in [6.45, 7) is 44.8. The van der Waals surface area contributed by atoms with Crippen LogP contribution in [0.25, 0.3) is 0 Å². The topological polar surface area (TPSA) is 364 Å². The number of carbonyl (C=O) groups is 12. The van der Waals surface area contributed by atoms with E-state index in [0.29, 0.717) is 12.8 Å². The van der Waals surface area contributed by atoms with Crippen LogP contribution in [0.2, 0.25) is 0 Å². The van der Waals surface area contributed by atoms with Crippen molar-refractivity contribution in [3.8, 4) is 0 Å². The molecule has 4 heterocycles. The first-order valence-corrected chi connectivity index (χ1v) is 49.2. The summed E-state index contributed by atoms with van der Waals surface area (Å²) in [5, 5.41) is 13.2. The maximum Gasteiger partial charge on any atom is 0.321 e. The van der Waals surface area contributed by atoms with E-state index < -0.39 is 123 Å². The molecule has 0 aromatic heterocycles. The van der Waals surface area contributed by atoms with Crippen LogP contribution in [0.1, 0.15) is 217 Å². The van der Waals surface area contributed by atoms with E-state index in [-0.39, 0.29) is 100 Å². The van der Waals surface area contributed by atoms with E-state index in [9.17, 15) is 57.5 Å². The number of ether oxygens (including phenoxy) is 12. The van der Waals surface area contributed by atoms with Crippen molar-refractivity contribution in [1.29, 1.82) is 0 Å². The highest BCUT2D eigenvalue weighted by Crippen LogP contribution is 2.39. The molecule has 672 valence electrons. The molecule has 36 heteroatoms. The molecular formula is C80H132I8N4O24. The first-order valence-electron chi connectivity index (χ1n) is 39.6. The fourth-order valence-electron chi connectivity index (χ4n) is 11.9. The Morgan fingerprint density at radius 1 is 0.276 bits per heavy atom. The van der Waals surface area contributed by atoms with Gasteiger partial charge in [0, 0.05) is 23.7 Å². The summed E-state index contributed by atoms with van der Waals surface area (Å²) in [5.41, 5.74) is -7.71. The van der Waals surface area contributed by atoms with Crippen molar-refractivity contribution in [1.82, 2.24) is 21.3 Å². The molecule has 4 aliphatic heterocycles. The summed E-state index contributed by atoms with van der Waals surface area (Å²) < 4.78 is 63.1. The molecule has 0 aromatic rings. The summed E-state index contributed by atoms with van der Waals surface area (Å²) in [4.78, 5) is 149. The van der Waals surface area contributed by atoms with Crippen LogP contribution in [0.5, 0.6) is 0 Å². The van der Waals surface area contributed by atoms with Crippen LogP contribution in [0.15, 0.2) is 0 Å². The number of rotatable bonds is 38. The van der Waals surface area contributed by atoms with Crippen LogP contribution in [-0.4, -0.2) is 230 Å². The Hall–Kier alpha value is -0.680. The second kappa shape index (κ2) is 52.4. The molecule has 116 heavy (non-hydrogen) atoms. The number of hydrogen-bond acceptors (Lipinski definition) is 28. The third-order valence-electron chi connectivity index (χ3n) is 20.9. The molecule has 0 radical (unpaired) electrons. The number of nitrogens with one attached hydrogen (secondary N) is 4. The van der Waals surface area contributed by atoms with Gasteiger partial charge in [0.25, 0.3) is 0 Å². The molecule has 6 atom stereocenters. The third kappa shape index (κ3) is 39.9. The molecule has 4 fully saturated rings. The highest BCUT2D eigenvalue weighted by atomic mass is 127. The van der Waals surface area contributed by atoms with Crippen LogP contribution in [0.3, 0.4) is 0 Å². The zero-order chi connectivity index (χ0) is 89.4. The first-order chi connectivity index (χ1) is 53.3. The largest absolute Gasteiger partial charge is 0.464 e. The third-order valence-corrected chi connectivity index (χ3v) is 24.8. The average Bonchev–Trinajstić information content (AvgIpc) is 0.815. The van der Waals surface area contributed by atoms with Gasteiger partial charge in [-0.05, 0) is 255 Å². The molecule has 0 saturated carbocycles. The molecule has 4 saturated heterocycles. The minimum Gasteiger partial charge on any atom is -0.464 e. The highest BCUT2D eigenvalue weighted by molar-refractivity contribution is 14.1. The number of carbonyl (C=O) groups excluding carboxylic acids is 12. The van der Waals surface area contributed by atoms with Crippen LogP contribution >= 0.6 is 181 Å². The Kier molecular flexibility index (Phi) is 51.2. The van der Waals surface area contributed by atoms with Gasteiger partial charge in [0.05, 0.1) is 0 Å². The summed E-state index contributed by atoms with van der Waals surface area (Å²) in [7, 11) is 0. The predicted octanol–water partition coefficient (Wildman–Crippen LogP) is 13.8. The van der Waals surface area contributed by atoms with Gasteiger partial charge in [-0.2, -0.15) is 0 Å². The van der Waals surface area contributed by atoms with Crippen molar-refractivity contribution in [2.75, 3.05) is 105 Å². The molecule has 0 aromatic carbocycles. The van der Waals surface area contributed by atoms with E-state index in [2.05, 4.69) is 21.3 Å². The summed E-state index contributed by atoms with van der Waals surface area (Å²) in [6.07, 6.45) is 7.97. The van der Waals surface area contributed by atoms with E-state index in [1.165, 1.54) is 0 Å². The lowest BCUT2D eigenvalue weighted by Gasteiger charge is -2.40. The first kappa shape index (κ1) is 113. The predicted molar refractivity (Wildman–Crippen MR) is 509 cm³/mol. The normalized spacial score (nSPS) is 18.9. The van der Waals surface area contributed by atoms with Crippen LogP contribution < -0.4 is 21.3 Å². The average molecular weight is 2550 g/mol. The van der Waals surface area contributed by atoms with E-state index in [0.717, 1.165) is 104 Å². The van der Waals surface area contributed by atoms with Gasteiger partial charge in [0.2, 0.25) is 0 Å². The zero-order valence-corrected chi connectivity index (χ0v) is 89.2. The summed E-state index contributed by atoms with van der Waals surface area (Å²) in [5.74, 6) is -4.53. The number of halogens is 8. The lowest BCUT2D eigenvalue weighted by atomic mass is 9.82. The SMILES string of the molecule is CC(C)(I)C(=O)OCC(C)(COC(=O)C(C)(C)I)C(=O)OC(C)(C)C1CCNCC1.CC(I)C(=O)OCC(C)(COC(=O)C(C)I)C(=O)OC(C)(C)C1CCNCC1.CCC(COC(=O)C(C)I)(COC(=O)C(C)I)C(=O)OC(C)(C)C1CCNCC1.CCC(COC(=O)C(C)I)(COC(=O)C(C)I)C(=O)OC(C)(C)C1CCNCC1. The van der Waals surface area contributed by atoms with Crippen LogP contribution in [-0.2, 0) is 114 Å². The molecule has 4 aliphatic rings. The fraction of sp³-hybridized carbons (Fsp3) is 0.850. The van der Waals surface area contributed by atoms with E-state index >= 15 is 0 Å². The van der Waals surface area contributed by atoms with Gasteiger partial charge in [-0.25, -0.2) is 0 Å². The standard InChI is InChI=1S/C21H35I2NO6.2C20H33I2NO6.C19H31I2NO6/c1-18(2,22)15(25)28-12-21(7,13-29-16(26)19(3,4)23)17(27)30-20(5,6)14-8-10-24-11-9-14;2*1-6-20(11-27-16(24)13(2)21,12-28-17(25)14(3)22)18(26)29-19(4,5)15-7-9-23-10-8-15;1-12(20)15(23)26-10-19(5,11-27-16(24)13(2)21)17(25)28-18(3,4)14-6-8-22-9-7-14/h14,24H,8-13H2,1-7H3;2*13-15,23H,6-12H2,1-5H3;12-14,22H,6-11H2,1-5H3. The second-order valence-electron chi connectivity index (χ2n) is 33.9. The maximum absolute atomic E-state index is 13.3. The molecule has 28 nitrogen and oxygen atoms in total. The number of piperidine rings is 4. The Bertz CT molecular complexity index is 2950. The van der Waals surface area contributed by atoms with Crippen LogP contribution in [0, 0.1) is 45.3 Å². The fourth-order valence-corrected chi connectivity index (χ4v) is 13.3. The number of esters is 12. The Morgan fingerprint density at radius 3 is 0.603 bits per heavy atom. The quantitative estimate of drug-likeness (QED) is 0.0193. The second-order valence-corrected chi connectivity index (χ2v) is 50.5. The van der Waals surface area contributed by atoms with Crippen molar-refractivity contribution >= 4 is 252 Å². The minimum atomic E-state index is -1.31. The molecule has 4 rings (SSSR count). The number of hydrogen-bond donors (Lipinski definition) is 4.